The van der Waals surface area contributed by atoms with Gasteiger partial charge in [-0.15, -0.1) is 0 Å². The third-order valence-corrected chi connectivity index (χ3v) is 2.99. The van der Waals surface area contributed by atoms with E-state index in [0.29, 0.717) is 12.8 Å². The van der Waals surface area contributed by atoms with E-state index in [2.05, 4.69) is 5.32 Å². The number of halogens is 1. The molecule has 1 atom stereocenters. The van der Waals surface area contributed by atoms with Crippen molar-refractivity contribution in [2.75, 3.05) is 6.61 Å². The Labute approximate surface area is 119 Å². The summed E-state index contributed by atoms with van der Waals surface area (Å²) in [6, 6.07) is 6.24. The normalized spacial score (nSPS) is 14.1. The van der Waals surface area contributed by atoms with Crippen molar-refractivity contribution >= 4 is 5.97 Å². The molecule has 1 rings (SSSR count). The molecule has 5 heteroatoms. The van der Waals surface area contributed by atoms with E-state index in [1.807, 2.05) is 13.8 Å². The van der Waals surface area contributed by atoms with E-state index in [1.165, 1.54) is 6.07 Å². The van der Waals surface area contributed by atoms with Gasteiger partial charge in [-0.1, -0.05) is 12.1 Å². The maximum atomic E-state index is 13.3. The largest absolute Gasteiger partial charge is 0.491 e. The third-order valence-electron chi connectivity index (χ3n) is 2.99. The van der Waals surface area contributed by atoms with Crippen molar-refractivity contribution in [3.63, 3.8) is 0 Å². The summed E-state index contributed by atoms with van der Waals surface area (Å²) in [7, 11) is 0. The first-order valence-corrected chi connectivity index (χ1v) is 6.73. The van der Waals surface area contributed by atoms with Gasteiger partial charge in [-0.25, -0.2) is 4.39 Å². The second-order valence-corrected chi connectivity index (χ2v) is 5.32. The summed E-state index contributed by atoms with van der Waals surface area (Å²) < 4.78 is 18.6. The first-order chi connectivity index (χ1) is 9.35. The Morgan fingerprint density at radius 1 is 1.45 bits per heavy atom. The summed E-state index contributed by atoms with van der Waals surface area (Å²) in [5, 5.41) is 12.3. The van der Waals surface area contributed by atoms with Crippen LogP contribution in [0.5, 0.6) is 5.75 Å². The van der Waals surface area contributed by atoms with Crippen LogP contribution in [0.15, 0.2) is 24.3 Å². The Morgan fingerprint density at radius 2 is 2.10 bits per heavy atom. The molecule has 4 nitrogen and oxygen atoms in total. The van der Waals surface area contributed by atoms with Crippen molar-refractivity contribution in [1.82, 2.24) is 5.32 Å². The summed E-state index contributed by atoms with van der Waals surface area (Å²) in [5.41, 5.74) is -0.993. The molecule has 0 aliphatic carbocycles. The predicted molar refractivity (Wildman–Crippen MR) is 75.4 cm³/mol. The number of carbonyl (C=O) groups is 1. The SMILES string of the molecule is CC(C)NC(C)(CCCOc1ccccc1F)C(=O)O. The minimum atomic E-state index is -0.993. The number of benzene rings is 1. The Morgan fingerprint density at radius 3 is 2.65 bits per heavy atom. The molecule has 0 saturated carbocycles. The monoisotopic (exact) mass is 283 g/mol. The van der Waals surface area contributed by atoms with E-state index >= 15 is 0 Å². The minimum absolute atomic E-state index is 0.0728. The number of aliphatic carboxylic acids is 1. The van der Waals surface area contributed by atoms with Crippen LogP contribution in [0, 0.1) is 5.82 Å². The van der Waals surface area contributed by atoms with Gasteiger partial charge in [0.05, 0.1) is 6.61 Å². The van der Waals surface area contributed by atoms with Gasteiger partial charge in [0.2, 0.25) is 0 Å². The average Bonchev–Trinajstić information content (AvgIpc) is 2.35. The third kappa shape index (κ3) is 4.81. The number of hydrogen-bond acceptors (Lipinski definition) is 3. The molecule has 0 aliphatic heterocycles. The Balaban J connectivity index is 2.46. The highest BCUT2D eigenvalue weighted by molar-refractivity contribution is 5.78. The molecule has 112 valence electrons. The van der Waals surface area contributed by atoms with E-state index in [9.17, 15) is 14.3 Å². The highest BCUT2D eigenvalue weighted by atomic mass is 19.1. The van der Waals surface area contributed by atoms with Gasteiger partial charge < -0.3 is 9.84 Å². The predicted octanol–water partition coefficient (Wildman–Crippen LogP) is 2.83. The number of nitrogens with one attached hydrogen (secondary N) is 1. The van der Waals surface area contributed by atoms with Gasteiger partial charge in [0.15, 0.2) is 11.6 Å². The lowest BCUT2D eigenvalue weighted by Crippen LogP contribution is -2.52. The van der Waals surface area contributed by atoms with Gasteiger partial charge >= 0.3 is 5.97 Å². The van der Waals surface area contributed by atoms with Gasteiger partial charge in [0, 0.05) is 6.04 Å². The highest BCUT2D eigenvalue weighted by Gasteiger charge is 2.32. The zero-order valence-electron chi connectivity index (χ0n) is 12.1. The molecule has 0 radical (unpaired) electrons. The molecule has 2 N–H and O–H groups in total. The summed E-state index contributed by atoms with van der Waals surface area (Å²) in [5.74, 6) is -1.10. The lowest BCUT2D eigenvalue weighted by Gasteiger charge is -2.28. The maximum absolute atomic E-state index is 13.3. The van der Waals surface area contributed by atoms with Crippen LogP contribution in [0.25, 0.3) is 0 Å². The van der Waals surface area contributed by atoms with Crippen LogP contribution in [0.1, 0.15) is 33.6 Å². The molecule has 1 aromatic carbocycles. The molecule has 0 spiro atoms. The fraction of sp³-hybridized carbons (Fsp3) is 0.533. The topological polar surface area (TPSA) is 58.6 Å². The Kier molecular flexibility index (Phi) is 5.95. The number of carboxylic acids is 1. The van der Waals surface area contributed by atoms with Crippen molar-refractivity contribution in [1.29, 1.82) is 0 Å². The van der Waals surface area contributed by atoms with Crippen LogP contribution in [-0.4, -0.2) is 29.3 Å². The molecule has 0 saturated heterocycles. The second kappa shape index (κ2) is 7.24. The summed E-state index contributed by atoms with van der Waals surface area (Å²) in [6.07, 6.45) is 0.936. The summed E-state index contributed by atoms with van der Waals surface area (Å²) >= 11 is 0. The molecule has 0 fully saturated rings. The van der Waals surface area contributed by atoms with Crippen LogP contribution in [-0.2, 0) is 4.79 Å². The van der Waals surface area contributed by atoms with Crippen LogP contribution in [0.4, 0.5) is 4.39 Å². The lowest BCUT2D eigenvalue weighted by molar-refractivity contribution is -0.144. The van der Waals surface area contributed by atoms with Crippen LogP contribution >= 0.6 is 0 Å². The molecule has 0 amide bonds. The zero-order valence-corrected chi connectivity index (χ0v) is 12.1. The standard InChI is InChI=1S/C15H22FNO3/c1-11(2)17-15(3,14(18)19)9-6-10-20-13-8-5-4-7-12(13)16/h4-5,7-8,11,17H,6,9-10H2,1-3H3,(H,18,19). The number of ether oxygens (including phenoxy) is 1. The average molecular weight is 283 g/mol. The van der Waals surface area contributed by atoms with E-state index in [4.69, 9.17) is 4.74 Å². The van der Waals surface area contributed by atoms with Crippen molar-refractivity contribution in [3.05, 3.63) is 30.1 Å². The van der Waals surface area contributed by atoms with Crippen molar-refractivity contribution in [2.45, 2.75) is 45.2 Å². The smallest absolute Gasteiger partial charge is 0.323 e. The van der Waals surface area contributed by atoms with Crippen molar-refractivity contribution in [3.8, 4) is 5.75 Å². The van der Waals surface area contributed by atoms with Gasteiger partial charge in [0.1, 0.15) is 5.54 Å². The van der Waals surface area contributed by atoms with Gasteiger partial charge in [-0.05, 0) is 45.7 Å². The molecule has 1 unspecified atom stereocenters. The fourth-order valence-corrected chi connectivity index (χ4v) is 2.05. The van der Waals surface area contributed by atoms with Crippen molar-refractivity contribution in [2.24, 2.45) is 0 Å². The van der Waals surface area contributed by atoms with Gasteiger partial charge in [0.25, 0.3) is 0 Å². The van der Waals surface area contributed by atoms with Crippen LogP contribution in [0.3, 0.4) is 0 Å². The van der Waals surface area contributed by atoms with Gasteiger partial charge in [-0.3, -0.25) is 10.1 Å². The van der Waals surface area contributed by atoms with Crippen molar-refractivity contribution < 1.29 is 19.0 Å². The molecule has 0 bridgehead atoms. The van der Waals surface area contributed by atoms with E-state index in [-0.39, 0.29) is 18.4 Å². The number of carboxylic acid groups (broad SMARTS) is 1. The summed E-state index contributed by atoms with van der Waals surface area (Å²) in [4.78, 5) is 11.3. The summed E-state index contributed by atoms with van der Waals surface area (Å²) in [6.45, 7) is 5.73. The van der Waals surface area contributed by atoms with Crippen LogP contribution in [0.2, 0.25) is 0 Å². The molecule has 0 aromatic heterocycles. The van der Waals surface area contributed by atoms with E-state index in [0.717, 1.165) is 0 Å². The number of rotatable bonds is 8. The number of hydrogen-bond donors (Lipinski definition) is 2. The Bertz CT molecular complexity index is 450. The lowest BCUT2D eigenvalue weighted by atomic mass is 9.95. The number of para-hydroxylation sites is 1. The second-order valence-electron chi connectivity index (χ2n) is 5.32. The maximum Gasteiger partial charge on any atom is 0.323 e. The fourth-order valence-electron chi connectivity index (χ4n) is 2.05. The molecular formula is C15H22FNO3. The molecule has 20 heavy (non-hydrogen) atoms. The minimum Gasteiger partial charge on any atom is -0.491 e. The Hall–Kier alpha value is -1.62. The quantitative estimate of drug-likeness (QED) is 0.720. The molecule has 0 heterocycles. The highest BCUT2D eigenvalue weighted by Crippen LogP contribution is 2.18. The van der Waals surface area contributed by atoms with Gasteiger partial charge in [-0.2, -0.15) is 0 Å². The molecule has 0 aliphatic rings. The zero-order chi connectivity index (χ0) is 15.2. The van der Waals surface area contributed by atoms with Crippen LogP contribution < -0.4 is 10.1 Å². The first-order valence-electron chi connectivity index (χ1n) is 6.73. The van der Waals surface area contributed by atoms with E-state index in [1.54, 1.807) is 25.1 Å². The molecular weight excluding hydrogens is 261 g/mol. The molecule has 1 aromatic rings. The first kappa shape index (κ1) is 16.4. The van der Waals surface area contributed by atoms with E-state index < -0.39 is 17.3 Å².